The van der Waals surface area contributed by atoms with Crippen molar-refractivity contribution in [3.63, 3.8) is 0 Å². The fraction of sp³-hybridized carbons (Fsp3) is 0.538. The van der Waals surface area contributed by atoms with Crippen molar-refractivity contribution in [3.8, 4) is 5.75 Å². The molecule has 1 atom stereocenters. The van der Waals surface area contributed by atoms with Crippen LogP contribution in [0.3, 0.4) is 0 Å². The van der Waals surface area contributed by atoms with Crippen LogP contribution in [-0.4, -0.2) is 26.0 Å². The Morgan fingerprint density at radius 3 is 2.59 bits per heavy atom. The molecule has 2 rings (SSSR count). The van der Waals surface area contributed by atoms with E-state index in [1.165, 1.54) is 0 Å². The predicted octanol–water partition coefficient (Wildman–Crippen LogP) is 2.38. The molecule has 94 valence electrons. The maximum Gasteiger partial charge on any atom is 0.154 e. The van der Waals surface area contributed by atoms with Crippen LogP contribution in [0.5, 0.6) is 5.75 Å². The largest absolute Gasteiger partial charge is 0.489 e. The zero-order chi connectivity index (χ0) is 12.5. The first-order chi connectivity index (χ1) is 7.98. The zero-order valence-corrected chi connectivity index (χ0v) is 11.0. The average Bonchev–Trinajstić information content (AvgIpc) is 2.58. The molecule has 1 saturated heterocycles. The topological polar surface area (TPSA) is 43.4 Å². The molecule has 1 aliphatic heterocycles. The van der Waals surface area contributed by atoms with Gasteiger partial charge in [0, 0.05) is 0 Å². The Morgan fingerprint density at radius 2 is 2.00 bits per heavy atom. The maximum atomic E-state index is 11.4. The fourth-order valence-electron chi connectivity index (χ4n) is 2.10. The van der Waals surface area contributed by atoms with E-state index in [0.29, 0.717) is 12.3 Å². The summed E-state index contributed by atoms with van der Waals surface area (Å²) in [6.07, 6.45) is 0.425. The van der Waals surface area contributed by atoms with Crippen LogP contribution in [-0.2, 0) is 9.84 Å². The molecule has 0 radical (unpaired) electrons. The van der Waals surface area contributed by atoms with E-state index >= 15 is 0 Å². The van der Waals surface area contributed by atoms with Gasteiger partial charge in [-0.1, -0.05) is 32.0 Å². The number of sulfone groups is 1. The Morgan fingerprint density at radius 1 is 1.29 bits per heavy atom. The molecule has 0 N–H and O–H groups in total. The molecular weight excluding hydrogens is 236 g/mol. The highest BCUT2D eigenvalue weighted by Gasteiger charge is 2.29. The highest BCUT2D eigenvalue weighted by molar-refractivity contribution is 7.91. The second-order valence-electron chi connectivity index (χ2n) is 4.84. The van der Waals surface area contributed by atoms with Gasteiger partial charge in [-0.05, 0) is 24.0 Å². The van der Waals surface area contributed by atoms with E-state index in [2.05, 4.69) is 13.8 Å². The Bertz CT molecular complexity index is 491. The summed E-state index contributed by atoms with van der Waals surface area (Å²) in [5.41, 5.74) is 1.14. The molecule has 0 saturated carbocycles. The summed E-state index contributed by atoms with van der Waals surface area (Å²) in [4.78, 5) is 0. The maximum absolute atomic E-state index is 11.4. The predicted molar refractivity (Wildman–Crippen MR) is 68.2 cm³/mol. The van der Waals surface area contributed by atoms with Gasteiger partial charge in [-0.3, -0.25) is 0 Å². The van der Waals surface area contributed by atoms with E-state index in [-0.39, 0.29) is 17.6 Å². The minimum atomic E-state index is -2.87. The molecule has 1 aromatic carbocycles. The highest BCUT2D eigenvalue weighted by atomic mass is 32.2. The number of benzene rings is 1. The van der Waals surface area contributed by atoms with Gasteiger partial charge < -0.3 is 4.74 Å². The molecular formula is C13H18O3S. The lowest BCUT2D eigenvalue weighted by molar-refractivity contribution is 0.226. The van der Waals surface area contributed by atoms with Gasteiger partial charge in [0.25, 0.3) is 0 Å². The van der Waals surface area contributed by atoms with Gasteiger partial charge in [-0.25, -0.2) is 8.42 Å². The van der Waals surface area contributed by atoms with Crippen molar-refractivity contribution in [1.82, 2.24) is 0 Å². The molecule has 1 fully saturated rings. The molecule has 3 nitrogen and oxygen atoms in total. The summed E-state index contributed by atoms with van der Waals surface area (Å²) in [6, 6.07) is 7.85. The quantitative estimate of drug-likeness (QED) is 0.831. The molecule has 0 aliphatic carbocycles. The summed E-state index contributed by atoms with van der Waals surface area (Å²) in [5.74, 6) is 1.61. The number of rotatable bonds is 3. The lowest BCUT2D eigenvalue weighted by atomic mass is 10.0. The lowest BCUT2D eigenvalue weighted by Crippen LogP contribution is -2.18. The van der Waals surface area contributed by atoms with Gasteiger partial charge in [0.05, 0.1) is 11.5 Å². The molecule has 1 aromatic rings. The normalized spacial score (nSPS) is 22.9. The van der Waals surface area contributed by atoms with Crippen LogP contribution >= 0.6 is 0 Å². The van der Waals surface area contributed by atoms with Crippen LogP contribution in [0.4, 0.5) is 0 Å². The number of ether oxygens (including phenoxy) is 1. The van der Waals surface area contributed by atoms with Gasteiger partial charge in [-0.2, -0.15) is 0 Å². The smallest absolute Gasteiger partial charge is 0.154 e. The first-order valence-electron chi connectivity index (χ1n) is 5.94. The molecule has 4 heteroatoms. The Kier molecular flexibility index (Phi) is 3.43. The van der Waals surface area contributed by atoms with Crippen molar-refractivity contribution in [2.24, 2.45) is 0 Å². The summed E-state index contributed by atoms with van der Waals surface area (Å²) < 4.78 is 28.6. The first kappa shape index (κ1) is 12.4. The van der Waals surface area contributed by atoms with Gasteiger partial charge in [0.2, 0.25) is 0 Å². The molecule has 0 aromatic heterocycles. The molecule has 1 unspecified atom stereocenters. The van der Waals surface area contributed by atoms with Crippen molar-refractivity contribution in [2.75, 3.05) is 11.5 Å². The van der Waals surface area contributed by atoms with E-state index in [1.807, 2.05) is 24.3 Å². The van der Waals surface area contributed by atoms with Crippen LogP contribution in [0.1, 0.15) is 31.7 Å². The number of hydrogen-bond donors (Lipinski definition) is 0. The minimum Gasteiger partial charge on any atom is -0.489 e. The van der Waals surface area contributed by atoms with Crippen molar-refractivity contribution < 1.29 is 13.2 Å². The van der Waals surface area contributed by atoms with Gasteiger partial charge >= 0.3 is 0 Å². The van der Waals surface area contributed by atoms with Crippen LogP contribution in [0.25, 0.3) is 0 Å². The monoisotopic (exact) mass is 254 g/mol. The van der Waals surface area contributed by atoms with Crippen LogP contribution in [0.2, 0.25) is 0 Å². The van der Waals surface area contributed by atoms with Crippen LogP contribution < -0.4 is 4.74 Å². The van der Waals surface area contributed by atoms with Gasteiger partial charge in [0.1, 0.15) is 11.9 Å². The summed E-state index contributed by atoms with van der Waals surface area (Å²) in [7, 11) is -2.87. The second-order valence-corrected chi connectivity index (χ2v) is 7.06. The van der Waals surface area contributed by atoms with E-state index in [9.17, 15) is 8.42 Å². The SMILES string of the molecule is CC(C)c1ccccc1OC1CCS(=O)(=O)C1. The third kappa shape index (κ3) is 3.00. The third-order valence-corrected chi connectivity index (χ3v) is 4.76. The van der Waals surface area contributed by atoms with Crippen LogP contribution in [0, 0.1) is 0 Å². The van der Waals surface area contributed by atoms with E-state index in [1.54, 1.807) is 0 Å². The zero-order valence-electron chi connectivity index (χ0n) is 10.2. The highest BCUT2D eigenvalue weighted by Crippen LogP contribution is 2.28. The summed E-state index contributed by atoms with van der Waals surface area (Å²) in [6.45, 7) is 4.21. The Balaban J connectivity index is 2.14. The van der Waals surface area contributed by atoms with Crippen LogP contribution in [0.15, 0.2) is 24.3 Å². The lowest BCUT2D eigenvalue weighted by Gasteiger charge is -2.17. The molecule has 1 aliphatic rings. The minimum absolute atomic E-state index is 0.152. The second kappa shape index (κ2) is 4.69. The van der Waals surface area contributed by atoms with Crippen molar-refractivity contribution >= 4 is 9.84 Å². The van der Waals surface area contributed by atoms with Gasteiger partial charge in [-0.15, -0.1) is 0 Å². The molecule has 17 heavy (non-hydrogen) atoms. The van der Waals surface area contributed by atoms with Crippen molar-refractivity contribution in [3.05, 3.63) is 29.8 Å². The van der Waals surface area contributed by atoms with E-state index in [0.717, 1.165) is 11.3 Å². The Hall–Kier alpha value is -1.03. The van der Waals surface area contributed by atoms with Crippen molar-refractivity contribution in [2.45, 2.75) is 32.3 Å². The number of para-hydroxylation sites is 1. The fourth-order valence-corrected chi connectivity index (χ4v) is 3.69. The Labute approximate surface area is 103 Å². The van der Waals surface area contributed by atoms with Gasteiger partial charge in [0.15, 0.2) is 9.84 Å². The first-order valence-corrected chi connectivity index (χ1v) is 7.76. The summed E-state index contributed by atoms with van der Waals surface area (Å²) in [5, 5.41) is 0. The van der Waals surface area contributed by atoms with E-state index < -0.39 is 9.84 Å². The average molecular weight is 254 g/mol. The summed E-state index contributed by atoms with van der Waals surface area (Å²) >= 11 is 0. The van der Waals surface area contributed by atoms with Crippen molar-refractivity contribution in [1.29, 1.82) is 0 Å². The molecule has 0 amide bonds. The number of hydrogen-bond acceptors (Lipinski definition) is 3. The molecule has 0 spiro atoms. The van der Waals surface area contributed by atoms with E-state index in [4.69, 9.17) is 4.74 Å². The molecule has 0 bridgehead atoms. The third-order valence-electron chi connectivity index (χ3n) is 3.03. The standard InChI is InChI=1S/C13H18O3S/c1-10(2)12-5-3-4-6-13(12)16-11-7-8-17(14,15)9-11/h3-6,10-11H,7-9H2,1-2H3. The molecule has 1 heterocycles.